The Morgan fingerprint density at radius 3 is 2.16 bits per heavy atom. The van der Waals surface area contributed by atoms with Gasteiger partial charge in [-0.3, -0.25) is 0 Å². The van der Waals surface area contributed by atoms with Gasteiger partial charge in [0.1, 0.15) is 0 Å². The molecule has 2 aromatic carbocycles. The molecule has 2 N–H and O–H groups in total. The molecule has 0 aliphatic rings. The second-order valence-corrected chi connectivity index (χ2v) is 4.06. The van der Waals surface area contributed by atoms with Crippen LogP contribution in [0.25, 0.3) is 11.1 Å². The van der Waals surface area contributed by atoms with E-state index < -0.39 is 6.09 Å². The van der Waals surface area contributed by atoms with Crippen molar-refractivity contribution in [1.29, 1.82) is 0 Å². The number of hydrazone groups is 1. The Bertz CT molecular complexity index is 589. The summed E-state index contributed by atoms with van der Waals surface area (Å²) in [7, 11) is 0. The Kier molecular flexibility index (Phi) is 3.93. The summed E-state index contributed by atoms with van der Waals surface area (Å²) in [5, 5.41) is 12.2. The summed E-state index contributed by atoms with van der Waals surface area (Å²) in [6.07, 6.45) is -1.17. The molecule has 0 saturated carbocycles. The van der Waals surface area contributed by atoms with Gasteiger partial charge in [0.25, 0.3) is 0 Å². The second kappa shape index (κ2) is 5.82. The van der Waals surface area contributed by atoms with E-state index >= 15 is 0 Å². The van der Waals surface area contributed by atoms with Crippen molar-refractivity contribution in [3.63, 3.8) is 0 Å². The van der Waals surface area contributed by atoms with Gasteiger partial charge in [0, 0.05) is 0 Å². The fraction of sp³-hybridized carbons (Fsp3) is 0.0667. The number of hydrogen-bond acceptors (Lipinski definition) is 2. The molecule has 2 aromatic rings. The highest BCUT2D eigenvalue weighted by molar-refractivity contribution is 5.99. The van der Waals surface area contributed by atoms with Crippen molar-refractivity contribution in [3.8, 4) is 11.1 Å². The van der Waals surface area contributed by atoms with Crippen LogP contribution in [-0.4, -0.2) is 16.9 Å². The van der Waals surface area contributed by atoms with Crippen molar-refractivity contribution in [2.45, 2.75) is 6.92 Å². The largest absolute Gasteiger partial charge is 0.464 e. The summed E-state index contributed by atoms with van der Waals surface area (Å²) < 4.78 is 0. The summed E-state index contributed by atoms with van der Waals surface area (Å²) in [5.41, 5.74) is 5.76. The third-order valence-electron chi connectivity index (χ3n) is 2.73. The molecule has 0 fully saturated rings. The topological polar surface area (TPSA) is 61.7 Å². The van der Waals surface area contributed by atoms with Gasteiger partial charge < -0.3 is 5.11 Å². The molecule has 0 radical (unpaired) electrons. The van der Waals surface area contributed by atoms with Crippen LogP contribution >= 0.6 is 0 Å². The lowest BCUT2D eigenvalue weighted by Gasteiger charge is -2.04. The molecule has 0 aliphatic heterocycles. The molecule has 2 rings (SSSR count). The summed E-state index contributed by atoms with van der Waals surface area (Å²) in [6.45, 7) is 1.76. The van der Waals surface area contributed by atoms with Gasteiger partial charge in [0.15, 0.2) is 0 Å². The van der Waals surface area contributed by atoms with Gasteiger partial charge in [0.2, 0.25) is 0 Å². The van der Waals surface area contributed by atoms with E-state index in [1.807, 2.05) is 60.0 Å². The van der Waals surface area contributed by atoms with Gasteiger partial charge in [-0.2, -0.15) is 5.10 Å². The van der Waals surface area contributed by atoms with Crippen LogP contribution < -0.4 is 5.43 Å². The first-order chi connectivity index (χ1) is 9.16. The Labute approximate surface area is 111 Å². The Morgan fingerprint density at radius 2 is 1.58 bits per heavy atom. The number of carbonyl (C=O) groups is 1. The fourth-order valence-electron chi connectivity index (χ4n) is 1.73. The third kappa shape index (κ3) is 3.42. The Balaban J connectivity index is 2.19. The Morgan fingerprint density at radius 1 is 1.00 bits per heavy atom. The van der Waals surface area contributed by atoms with E-state index in [-0.39, 0.29) is 0 Å². The van der Waals surface area contributed by atoms with Gasteiger partial charge in [-0.1, -0.05) is 54.6 Å². The van der Waals surface area contributed by atoms with Crippen molar-refractivity contribution >= 4 is 11.8 Å². The van der Waals surface area contributed by atoms with Gasteiger partial charge >= 0.3 is 6.09 Å². The molecule has 96 valence electrons. The van der Waals surface area contributed by atoms with Gasteiger partial charge in [-0.05, 0) is 23.6 Å². The number of rotatable bonds is 3. The van der Waals surface area contributed by atoms with Crippen LogP contribution in [-0.2, 0) is 0 Å². The Hall–Kier alpha value is -2.62. The summed E-state index contributed by atoms with van der Waals surface area (Å²) in [4.78, 5) is 10.4. The molecule has 19 heavy (non-hydrogen) atoms. The maximum Gasteiger partial charge on any atom is 0.425 e. The van der Waals surface area contributed by atoms with Crippen LogP contribution in [0.3, 0.4) is 0 Å². The van der Waals surface area contributed by atoms with Crippen LogP contribution in [0.15, 0.2) is 59.7 Å². The van der Waals surface area contributed by atoms with Gasteiger partial charge in [-0.25, -0.2) is 10.2 Å². The van der Waals surface area contributed by atoms with Crippen LogP contribution in [0.5, 0.6) is 0 Å². The summed E-state index contributed by atoms with van der Waals surface area (Å²) >= 11 is 0. The van der Waals surface area contributed by atoms with Gasteiger partial charge in [0.05, 0.1) is 5.71 Å². The molecule has 0 heterocycles. The third-order valence-corrected chi connectivity index (χ3v) is 2.73. The second-order valence-electron chi connectivity index (χ2n) is 4.06. The fourth-order valence-corrected chi connectivity index (χ4v) is 1.73. The SMILES string of the molecule is C/C(=N/NC(=O)O)c1ccc(-c2ccccc2)cc1. The van der Waals surface area contributed by atoms with E-state index in [1.165, 1.54) is 0 Å². The van der Waals surface area contributed by atoms with E-state index in [0.29, 0.717) is 5.71 Å². The first-order valence-electron chi connectivity index (χ1n) is 5.86. The molecule has 0 unspecified atom stereocenters. The van der Waals surface area contributed by atoms with E-state index in [0.717, 1.165) is 16.7 Å². The minimum Gasteiger partial charge on any atom is -0.464 e. The van der Waals surface area contributed by atoms with Crippen molar-refractivity contribution in [3.05, 3.63) is 60.2 Å². The van der Waals surface area contributed by atoms with Crippen LogP contribution in [0.4, 0.5) is 4.79 Å². The maximum absolute atomic E-state index is 10.4. The molecule has 0 atom stereocenters. The monoisotopic (exact) mass is 254 g/mol. The van der Waals surface area contributed by atoms with E-state index in [9.17, 15) is 4.79 Å². The van der Waals surface area contributed by atoms with Crippen LogP contribution in [0.2, 0.25) is 0 Å². The highest BCUT2D eigenvalue weighted by atomic mass is 16.4. The molecule has 0 saturated heterocycles. The lowest BCUT2D eigenvalue weighted by molar-refractivity contribution is 0.195. The van der Waals surface area contributed by atoms with Crippen molar-refractivity contribution in [2.24, 2.45) is 5.10 Å². The first-order valence-corrected chi connectivity index (χ1v) is 5.86. The highest BCUT2D eigenvalue weighted by Crippen LogP contribution is 2.19. The number of hydrogen-bond donors (Lipinski definition) is 2. The molecular formula is C15H14N2O2. The van der Waals surface area contributed by atoms with Crippen molar-refractivity contribution in [2.75, 3.05) is 0 Å². The minimum atomic E-state index is -1.17. The van der Waals surface area contributed by atoms with Crippen molar-refractivity contribution < 1.29 is 9.90 Å². The number of amides is 1. The molecule has 4 nitrogen and oxygen atoms in total. The number of carboxylic acid groups (broad SMARTS) is 1. The van der Waals surface area contributed by atoms with E-state index in [4.69, 9.17) is 5.11 Å². The molecule has 1 amide bonds. The predicted molar refractivity (Wildman–Crippen MR) is 75.2 cm³/mol. The van der Waals surface area contributed by atoms with Crippen LogP contribution in [0.1, 0.15) is 12.5 Å². The predicted octanol–water partition coefficient (Wildman–Crippen LogP) is 3.35. The smallest absolute Gasteiger partial charge is 0.425 e. The van der Waals surface area contributed by atoms with Crippen molar-refractivity contribution in [1.82, 2.24) is 5.43 Å². The van der Waals surface area contributed by atoms with E-state index in [1.54, 1.807) is 6.92 Å². The first kappa shape index (κ1) is 12.8. The molecule has 0 spiro atoms. The molecular weight excluding hydrogens is 240 g/mol. The minimum absolute atomic E-state index is 0.627. The zero-order valence-electron chi connectivity index (χ0n) is 10.5. The number of benzene rings is 2. The van der Waals surface area contributed by atoms with E-state index in [2.05, 4.69) is 5.10 Å². The standard InChI is InChI=1S/C15H14N2O2/c1-11(16-17-15(18)19)12-7-9-14(10-8-12)13-5-3-2-4-6-13/h2-10,17H,1H3,(H,18,19)/b16-11-. The zero-order chi connectivity index (χ0) is 13.7. The highest BCUT2D eigenvalue weighted by Gasteiger charge is 2.00. The quantitative estimate of drug-likeness (QED) is 0.651. The zero-order valence-corrected chi connectivity index (χ0v) is 10.5. The maximum atomic E-state index is 10.4. The van der Waals surface area contributed by atoms with Crippen LogP contribution in [0, 0.1) is 0 Å². The lowest BCUT2D eigenvalue weighted by atomic mass is 10.0. The van der Waals surface area contributed by atoms with Gasteiger partial charge in [-0.15, -0.1) is 0 Å². The lowest BCUT2D eigenvalue weighted by Crippen LogP contribution is -2.16. The average molecular weight is 254 g/mol. The number of nitrogens with one attached hydrogen (secondary N) is 1. The summed E-state index contributed by atoms with van der Waals surface area (Å²) in [6, 6.07) is 17.9. The summed E-state index contributed by atoms with van der Waals surface area (Å²) in [5.74, 6) is 0. The average Bonchev–Trinajstić information content (AvgIpc) is 2.46. The normalized spacial score (nSPS) is 11.1. The molecule has 0 aromatic heterocycles. The molecule has 4 heteroatoms. The molecule has 0 aliphatic carbocycles. The number of nitrogens with zero attached hydrogens (tertiary/aromatic N) is 1. The molecule has 0 bridgehead atoms.